The first-order chi connectivity index (χ1) is 6.88. The summed E-state index contributed by atoms with van der Waals surface area (Å²) < 4.78 is 0. The molecule has 1 rings (SSSR count). The number of hydrogen-bond donors (Lipinski definition) is 1. The minimum Gasteiger partial charge on any atom is -0.396 e. The van der Waals surface area contributed by atoms with Crippen LogP contribution in [0.25, 0.3) is 0 Å². The van der Waals surface area contributed by atoms with Crippen LogP contribution in [0.1, 0.15) is 38.5 Å². The number of nitrogens with zero attached hydrogens (tertiary/aromatic N) is 1. The number of hydrogen-bond acceptors (Lipinski definition) is 2. The lowest BCUT2D eigenvalue weighted by Gasteiger charge is -2.37. The molecule has 1 aliphatic rings. The van der Waals surface area contributed by atoms with Crippen LogP contribution in [0.15, 0.2) is 0 Å². The van der Waals surface area contributed by atoms with Crippen molar-refractivity contribution < 1.29 is 5.11 Å². The maximum Gasteiger partial charge on any atom is 0.0443 e. The molecule has 0 aliphatic heterocycles. The van der Waals surface area contributed by atoms with Gasteiger partial charge in [0, 0.05) is 24.5 Å². The van der Waals surface area contributed by atoms with E-state index in [2.05, 4.69) is 20.8 Å². The number of halogens is 1. The Bertz CT molecular complexity index is 139. The molecule has 0 atom stereocenters. The zero-order chi connectivity index (χ0) is 10.2. The lowest BCUT2D eigenvalue weighted by molar-refractivity contribution is 0.115. The second-order valence-electron chi connectivity index (χ2n) is 4.09. The fourth-order valence-electron chi connectivity index (χ4n) is 1.91. The Labute approximate surface area is 95.8 Å². The average molecular weight is 264 g/mol. The second-order valence-corrected chi connectivity index (χ2v) is 4.89. The first-order valence-corrected chi connectivity index (χ1v) is 6.91. The number of alkyl halides is 1. The standard InChI is InChI=1S/C11H22BrNO/c12-7-1-2-8-13(9-4-10-14)11-5-3-6-11/h11,14H,1-10H2. The SMILES string of the molecule is OCCCN(CCCCBr)C1CCC1. The van der Waals surface area contributed by atoms with Gasteiger partial charge in [0.2, 0.25) is 0 Å². The molecule has 0 amide bonds. The van der Waals surface area contributed by atoms with Gasteiger partial charge in [0.1, 0.15) is 0 Å². The van der Waals surface area contributed by atoms with Crippen LogP contribution >= 0.6 is 15.9 Å². The van der Waals surface area contributed by atoms with E-state index in [1.807, 2.05) is 0 Å². The van der Waals surface area contributed by atoms with Gasteiger partial charge >= 0.3 is 0 Å². The Morgan fingerprint density at radius 1 is 1.14 bits per heavy atom. The monoisotopic (exact) mass is 263 g/mol. The molecule has 0 aromatic carbocycles. The average Bonchev–Trinajstić information content (AvgIpc) is 2.11. The third-order valence-electron chi connectivity index (χ3n) is 3.02. The summed E-state index contributed by atoms with van der Waals surface area (Å²) in [6.45, 7) is 2.64. The summed E-state index contributed by atoms with van der Waals surface area (Å²) in [5, 5.41) is 9.94. The molecule has 0 saturated heterocycles. The normalized spacial score (nSPS) is 17.4. The molecule has 0 unspecified atom stereocenters. The van der Waals surface area contributed by atoms with Crippen molar-refractivity contribution in [2.75, 3.05) is 25.0 Å². The van der Waals surface area contributed by atoms with Crippen LogP contribution < -0.4 is 0 Å². The van der Waals surface area contributed by atoms with Gasteiger partial charge in [0.25, 0.3) is 0 Å². The van der Waals surface area contributed by atoms with Crippen LogP contribution in [0.5, 0.6) is 0 Å². The van der Waals surface area contributed by atoms with E-state index in [1.165, 1.54) is 38.6 Å². The van der Waals surface area contributed by atoms with Crippen molar-refractivity contribution in [1.29, 1.82) is 0 Å². The summed E-state index contributed by atoms with van der Waals surface area (Å²) in [5.74, 6) is 0. The van der Waals surface area contributed by atoms with Gasteiger partial charge in [-0.15, -0.1) is 0 Å². The van der Waals surface area contributed by atoms with Crippen molar-refractivity contribution in [1.82, 2.24) is 4.90 Å². The Hall–Kier alpha value is 0.400. The van der Waals surface area contributed by atoms with Crippen LogP contribution in [-0.2, 0) is 0 Å². The lowest BCUT2D eigenvalue weighted by atomic mass is 9.91. The highest BCUT2D eigenvalue weighted by Crippen LogP contribution is 2.25. The van der Waals surface area contributed by atoms with Gasteiger partial charge in [-0.1, -0.05) is 22.4 Å². The third kappa shape index (κ3) is 4.28. The Morgan fingerprint density at radius 2 is 1.86 bits per heavy atom. The van der Waals surface area contributed by atoms with Crippen molar-refractivity contribution >= 4 is 15.9 Å². The fourth-order valence-corrected chi connectivity index (χ4v) is 2.31. The summed E-state index contributed by atoms with van der Waals surface area (Å²) in [4.78, 5) is 2.57. The second kappa shape index (κ2) is 7.66. The van der Waals surface area contributed by atoms with Gasteiger partial charge in [0.05, 0.1) is 0 Å². The van der Waals surface area contributed by atoms with Gasteiger partial charge in [-0.05, 0) is 38.6 Å². The molecule has 1 aliphatic carbocycles. The van der Waals surface area contributed by atoms with E-state index < -0.39 is 0 Å². The van der Waals surface area contributed by atoms with Crippen LogP contribution in [0, 0.1) is 0 Å². The van der Waals surface area contributed by atoms with Gasteiger partial charge in [-0.25, -0.2) is 0 Å². The van der Waals surface area contributed by atoms with Crippen LogP contribution in [0.3, 0.4) is 0 Å². The molecule has 14 heavy (non-hydrogen) atoms. The summed E-state index contributed by atoms with van der Waals surface area (Å²) in [6, 6.07) is 0.830. The van der Waals surface area contributed by atoms with Crippen LogP contribution in [0.2, 0.25) is 0 Å². The zero-order valence-corrected chi connectivity index (χ0v) is 10.5. The van der Waals surface area contributed by atoms with E-state index >= 15 is 0 Å². The largest absolute Gasteiger partial charge is 0.396 e. The molecule has 0 aromatic heterocycles. The van der Waals surface area contributed by atoms with Gasteiger partial charge in [0.15, 0.2) is 0 Å². The highest BCUT2D eigenvalue weighted by atomic mass is 79.9. The molecule has 1 fully saturated rings. The quantitative estimate of drug-likeness (QED) is 0.537. The van der Waals surface area contributed by atoms with Crippen molar-refractivity contribution in [2.24, 2.45) is 0 Å². The van der Waals surface area contributed by atoms with E-state index in [9.17, 15) is 0 Å². The molecule has 0 bridgehead atoms. The highest BCUT2D eigenvalue weighted by Gasteiger charge is 2.23. The highest BCUT2D eigenvalue weighted by molar-refractivity contribution is 9.09. The predicted molar refractivity (Wildman–Crippen MR) is 63.9 cm³/mol. The smallest absolute Gasteiger partial charge is 0.0443 e. The third-order valence-corrected chi connectivity index (χ3v) is 3.58. The number of unbranched alkanes of at least 4 members (excludes halogenated alkanes) is 1. The molecule has 1 saturated carbocycles. The number of aliphatic hydroxyl groups is 1. The topological polar surface area (TPSA) is 23.5 Å². The van der Waals surface area contributed by atoms with Crippen LogP contribution in [0.4, 0.5) is 0 Å². The van der Waals surface area contributed by atoms with Crippen molar-refractivity contribution in [3.8, 4) is 0 Å². The molecule has 1 N–H and O–H groups in total. The predicted octanol–water partition coefficient (Wildman–Crippen LogP) is 2.40. The zero-order valence-electron chi connectivity index (χ0n) is 8.92. The lowest BCUT2D eigenvalue weighted by Crippen LogP contribution is -2.41. The molecule has 2 nitrogen and oxygen atoms in total. The first kappa shape index (κ1) is 12.5. The minimum absolute atomic E-state index is 0.335. The fraction of sp³-hybridized carbons (Fsp3) is 1.00. The van der Waals surface area contributed by atoms with E-state index in [0.717, 1.165) is 24.3 Å². The van der Waals surface area contributed by atoms with E-state index in [1.54, 1.807) is 0 Å². The van der Waals surface area contributed by atoms with Gasteiger partial charge < -0.3 is 10.0 Å². The molecule has 0 spiro atoms. The molecule has 3 heteroatoms. The summed E-state index contributed by atoms with van der Waals surface area (Å²) in [7, 11) is 0. The maximum atomic E-state index is 8.83. The van der Waals surface area contributed by atoms with Crippen molar-refractivity contribution in [3.05, 3.63) is 0 Å². The molecular weight excluding hydrogens is 242 g/mol. The Morgan fingerprint density at radius 3 is 2.36 bits per heavy atom. The van der Waals surface area contributed by atoms with Crippen molar-refractivity contribution in [3.63, 3.8) is 0 Å². The first-order valence-electron chi connectivity index (χ1n) is 5.79. The van der Waals surface area contributed by atoms with Gasteiger partial charge in [-0.3, -0.25) is 0 Å². The molecule has 0 heterocycles. The summed E-state index contributed by atoms with van der Waals surface area (Å²) in [6.07, 6.45) is 7.64. The molecule has 0 radical (unpaired) electrons. The molecule has 84 valence electrons. The van der Waals surface area contributed by atoms with E-state index in [4.69, 9.17) is 5.11 Å². The molecule has 0 aromatic rings. The minimum atomic E-state index is 0.335. The van der Waals surface area contributed by atoms with E-state index in [0.29, 0.717) is 6.61 Å². The Kier molecular flexibility index (Phi) is 6.82. The summed E-state index contributed by atoms with van der Waals surface area (Å²) in [5.41, 5.74) is 0. The Balaban J connectivity index is 2.14. The summed E-state index contributed by atoms with van der Waals surface area (Å²) >= 11 is 3.46. The molecular formula is C11H22BrNO. The van der Waals surface area contributed by atoms with Gasteiger partial charge in [-0.2, -0.15) is 0 Å². The van der Waals surface area contributed by atoms with E-state index in [-0.39, 0.29) is 0 Å². The number of aliphatic hydroxyl groups excluding tert-OH is 1. The van der Waals surface area contributed by atoms with Crippen molar-refractivity contribution in [2.45, 2.75) is 44.6 Å². The number of rotatable bonds is 8. The van der Waals surface area contributed by atoms with Crippen LogP contribution in [-0.4, -0.2) is 41.1 Å². The maximum absolute atomic E-state index is 8.83.